The van der Waals surface area contributed by atoms with E-state index in [1.807, 2.05) is 13.8 Å². The zero-order chi connectivity index (χ0) is 17.8. The van der Waals surface area contributed by atoms with Crippen molar-refractivity contribution in [1.82, 2.24) is 20.1 Å². The highest BCUT2D eigenvalue weighted by Gasteiger charge is 2.29. The molecule has 9 heteroatoms. The maximum Gasteiger partial charge on any atom is 0.322 e. The number of morpholine rings is 1. The summed E-state index contributed by atoms with van der Waals surface area (Å²) in [5, 5.41) is 10.8. The normalized spacial score (nSPS) is 17.6. The molecule has 0 saturated carbocycles. The maximum atomic E-state index is 12.4. The highest BCUT2D eigenvalue weighted by atomic mass is 16.5. The number of aromatic nitrogens is 3. The zero-order valence-electron chi connectivity index (χ0n) is 14.4. The summed E-state index contributed by atoms with van der Waals surface area (Å²) in [4.78, 5) is 18.2. The number of methoxy groups -OCH3 is 1. The topological polar surface area (TPSA) is 103 Å². The van der Waals surface area contributed by atoms with Crippen LogP contribution in [0.3, 0.4) is 0 Å². The Kier molecular flexibility index (Phi) is 5.13. The van der Waals surface area contributed by atoms with Gasteiger partial charge in [0.2, 0.25) is 17.7 Å². The summed E-state index contributed by atoms with van der Waals surface area (Å²) in [6, 6.07) is 3.18. The smallest absolute Gasteiger partial charge is 0.322 e. The van der Waals surface area contributed by atoms with Crippen LogP contribution in [0, 0.1) is 0 Å². The van der Waals surface area contributed by atoms with Crippen molar-refractivity contribution < 1.29 is 18.7 Å². The number of anilines is 1. The molecule has 1 saturated heterocycles. The molecule has 1 atom stereocenters. The lowest BCUT2D eigenvalue weighted by Crippen LogP contribution is -2.44. The second-order valence-electron chi connectivity index (χ2n) is 5.96. The summed E-state index contributed by atoms with van der Waals surface area (Å²) in [5.41, 5.74) is 0.591. The molecule has 0 spiro atoms. The second-order valence-corrected chi connectivity index (χ2v) is 5.96. The van der Waals surface area contributed by atoms with Crippen LogP contribution in [0.25, 0.3) is 0 Å². The molecule has 0 radical (unpaired) electrons. The molecule has 0 aromatic carbocycles. The lowest BCUT2D eigenvalue weighted by molar-refractivity contribution is -0.0276. The van der Waals surface area contributed by atoms with E-state index in [4.69, 9.17) is 13.9 Å². The number of urea groups is 1. The Morgan fingerprint density at radius 3 is 2.88 bits per heavy atom. The highest BCUT2D eigenvalue weighted by Crippen LogP contribution is 2.24. The van der Waals surface area contributed by atoms with Crippen LogP contribution in [-0.2, 0) is 4.74 Å². The number of hydrogen-bond donors (Lipinski definition) is 1. The Bertz CT molecular complexity index is 716. The average Bonchev–Trinajstić information content (AvgIpc) is 3.13. The molecule has 2 aromatic heterocycles. The summed E-state index contributed by atoms with van der Waals surface area (Å²) >= 11 is 0. The number of carbonyl (C=O) groups excluding carboxylic acids is 1. The van der Waals surface area contributed by atoms with E-state index in [1.165, 1.54) is 7.11 Å². The first-order chi connectivity index (χ1) is 12.1. The molecule has 134 valence electrons. The van der Waals surface area contributed by atoms with Crippen LogP contribution in [0.5, 0.6) is 5.88 Å². The van der Waals surface area contributed by atoms with Crippen LogP contribution >= 0.6 is 0 Å². The van der Waals surface area contributed by atoms with E-state index in [0.717, 1.165) is 0 Å². The van der Waals surface area contributed by atoms with Gasteiger partial charge < -0.3 is 24.1 Å². The zero-order valence-corrected chi connectivity index (χ0v) is 14.4. The van der Waals surface area contributed by atoms with Gasteiger partial charge in [0.15, 0.2) is 6.10 Å². The molecule has 2 amide bonds. The Morgan fingerprint density at radius 2 is 2.24 bits per heavy atom. The molecular weight excluding hydrogens is 326 g/mol. The minimum atomic E-state index is -0.423. The third-order valence-corrected chi connectivity index (χ3v) is 3.78. The second kappa shape index (κ2) is 7.47. The van der Waals surface area contributed by atoms with Gasteiger partial charge in [-0.25, -0.2) is 9.78 Å². The van der Waals surface area contributed by atoms with Gasteiger partial charge in [-0.15, -0.1) is 10.2 Å². The number of nitrogens with zero attached hydrogens (tertiary/aromatic N) is 4. The van der Waals surface area contributed by atoms with E-state index in [1.54, 1.807) is 23.2 Å². The predicted molar refractivity (Wildman–Crippen MR) is 88.5 cm³/mol. The first-order valence-corrected chi connectivity index (χ1v) is 8.07. The number of nitrogens with one attached hydrogen (secondary N) is 1. The van der Waals surface area contributed by atoms with Crippen LogP contribution < -0.4 is 10.1 Å². The van der Waals surface area contributed by atoms with Crippen LogP contribution in [-0.4, -0.2) is 52.9 Å². The van der Waals surface area contributed by atoms with Crippen molar-refractivity contribution in [3.63, 3.8) is 0 Å². The van der Waals surface area contributed by atoms with Gasteiger partial charge in [-0.05, 0) is 6.07 Å². The van der Waals surface area contributed by atoms with Crippen molar-refractivity contribution >= 4 is 11.7 Å². The van der Waals surface area contributed by atoms with Crippen molar-refractivity contribution in [2.24, 2.45) is 0 Å². The van der Waals surface area contributed by atoms with Crippen LogP contribution in [0.1, 0.15) is 37.7 Å². The summed E-state index contributed by atoms with van der Waals surface area (Å²) in [7, 11) is 1.54. The van der Waals surface area contributed by atoms with Gasteiger partial charge in [0.1, 0.15) is 0 Å². The minimum Gasteiger partial charge on any atom is -0.481 e. The van der Waals surface area contributed by atoms with Crippen molar-refractivity contribution in [1.29, 1.82) is 0 Å². The number of amides is 2. The van der Waals surface area contributed by atoms with Crippen LogP contribution in [0.15, 0.2) is 22.7 Å². The molecule has 1 N–H and O–H groups in total. The third kappa shape index (κ3) is 4.05. The third-order valence-electron chi connectivity index (χ3n) is 3.78. The molecule has 0 aliphatic carbocycles. The van der Waals surface area contributed by atoms with Gasteiger partial charge in [-0.2, -0.15) is 0 Å². The predicted octanol–water partition coefficient (Wildman–Crippen LogP) is 2.20. The largest absolute Gasteiger partial charge is 0.481 e. The average molecular weight is 347 g/mol. The quantitative estimate of drug-likeness (QED) is 0.904. The van der Waals surface area contributed by atoms with E-state index in [-0.39, 0.29) is 11.9 Å². The Labute approximate surface area is 145 Å². The Morgan fingerprint density at radius 1 is 1.40 bits per heavy atom. The number of hydrogen-bond acceptors (Lipinski definition) is 7. The number of pyridine rings is 1. The Balaban J connectivity index is 1.62. The van der Waals surface area contributed by atoms with Gasteiger partial charge in [-0.1, -0.05) is 13.8 Å². The molecule has 1 aliphatic heterocycles. The van der Waals surface area contributed by atoms with Crippen molar-refractivity contribution in [3.8, 4) is 5.88 Å². The lowest BCUT2D eigenvalue weighted by atomic mass is 10.2. The van der Waals surface area contributed by atoms with Gasteiger partial charge in [-0.3, -0.25) is 0 Å². The fraction of sp³-hybridized carbons (Fsp3) is 0.500. The molecule has 9 nitrogen and oxygen atoms in total. The van der Waals surface area contributed by atoms with Gasteiger partial charge in [0.25, 0.3) is 0 Å². The number of ether oxygens (including phenoxy) is 2. The molecule has 3 heterocycles. The number of rotatable bonds is 4. The Hall–Kier alpha value is -2.68. The lowest BCUT2D eigenvalue weighted by Gasteiger charge is -2.31. The molecule has 1 fully saturated rings. The molecule has 3 rings (SSSR count). The van der Waals surface area contributed by atoms with E-state index in [0.29, 0.717) is 43.0 Å². The summed E-state index contributed by atoms with van der Waals surface area (Å²) in [5.74, 6) is 1.59. The van der Waals surface area contributed by atoms with E-state index in [9.17, 15) is 4.79 Å². The summed E-state index contributed by atoms with van der Waals surface area (Å²) in [6.45, 7) is 5.17. The first-order valence-electron chi connectivity index (χ1n) is 8.07. The summed E-state index contributed by atoms with van der Waals surface area (Å²) in [6.07, 6.45) is 1.12. The standard InChI is InChI=1S/C16H21N5O4/c1-10(2)14-19-20-15(25-14)12-9-21(6-7-24-12)16(22)18-11-4-5-13(23-3)17-8-11/h4-5,8,10,12H,6-7,9H2,1-3H3,(H,18,22)/t12-/m0/s1. The monoisotopic (exact) mass is 347 g/mol. The van der Waals surface area contributed by atoms with E-state index >= 15 is 0 Å². The highest BCUT2D eigenvalue weighted by molar-refractivity contribution is 5.89. The van der Waals surface area contributed by atoms with Crippen molar-refractivity contribution in [2.75, 3.05) is 32.1 Å². The molecule has 0 bridgehead atoms. The molecular formula is C16H21N5O4. The first kappa shape index (κ1) is 17.2. The van der Waals surface area contributed by atoms with Gasteiger partial charge in [0.05, 0.1) is 32.1 Å². The minimum absolute atomic E-state index is 0.145. The van der Waals surface area contributed by atoms with Gasteiger partial charge >= 0.3 is 6.03 Å². The van der Waals surface area contributed by atoms with E-state index in [2.05, 4.69) is 20.5 Å². The maximum absolute atomic E-state index is 12.4. The molecule has 25 heavy (non-hydrogen) atoms. The van der Waals surface area contributed by atoms with E-state index < -0.39 is 6.10 Å². The SMILES string of the molecule is COc1ccc(NC(=O)N2CCO[C@H](c3nnc(C(C)C)o3)C2)cn1. The fourth-order valence-electron chi connectivity index (χ4n) is 2.37. The molecule has 1 aliphatic rings. The van der Waals surface area contributed by atoms with Crippen LogP contribution in [0.4, 0.5) is 10.5 Å². The summed E-state index contributed by atoms with van der Waals surface area (Å²) < 4.78 is 16.3. The molecule has 2 aromatic rings. The van der Waals surface area contributed by atoms with Crippen molar-refractivity contribution in [2.45, 2.75) is 25.9 Å². The van der Waals surface area contributed by atoms with Crippen molar-refractivity contribution in [3.05, 3.63) is 30.1 Å². The number of carbonyl (C=O) groups is 1. The molecule has 0 unspecified atom stereocenters. The van der Waals surface area contributed by atoms with Crippen LogP contribution in [0.2, 0.25) is 0 Å². The van der Waals surface area contributed by atoms with Gasteiger partial charge in [0, 0.05) is 18.5 Å². The fourth-order valence-corrected chi connectivity index (χ4v) is 2.37.